The molecule has 2 heterocycles. The van der Waals surface area contributed by atoms with Gasteiger partial charge in [-0.3, -0.25) is 9.59 Å². The molecular weight excluding hydrogens is 468 g/mol. The molecule has 34 heavy (non-hydrogen) atoms. The fourth-order valence-electron chi connectivity index (χ4n) is 4.24. The summed E-state index contributed by atoms with van der Waals surface area (Å²) in [5.74, 6) is 0.0702. The minimum Gasteiger partial charge on any atom is -0.337 e. The Bertz CT molecular complexity index is 1150. The summed E-state index contributed by atoms with van der Waals surface area (Å²) in [6.45, 7) is 4.99. The van der Waals surface area contributed by atoms with Gasteiger partial charge in [-0.1, -0.05) is 41.9 Å². The lowest BCUT2D eigenvalue weighted by Gasteiger charge is -2.27. The van der Waals surface area contributed by atoms with Gasteiger partial charge in [0.1, 0.15) is 0 Å². The smallest absolute Gasteiger partial charge is 0.228 e. The monoisotopic (exact) mass is 496 g/mol. The minimum absolute atomic E-state index is 0.0180. The van der Waals surface area contributed by atoms with E-state index in [9.17, 15) is 9.59 Å². The highest BCUT2D eigenvalue weighted by Crippen LogP contribution is 2.28. The number of likely N-dealkylation sites (N-methyl/N-ethyl adjacent to an activating group) is 1. The van der Waals surface area contributed by atoms with E-state index in [2.05, 4.69) is 16.9 Å². The second-order valence-corrected chi connectivity index (χ2v) is 9.96. The first kappa shape index (κ1) is 24.4. The normalized spacial score (nSPS) is 15.5. The van der Waals surface area contributed by atoms with Crippen LogP contribution in [-0.2, 0) is 22.6 Å². The van der Waals surface area contributed by atoms with Crippen LogP contribution in [0.25, 0.3) is 11.3 Å². The van der Waals surface area contributed by atoms with E-state index in [1.54, 1.807) is 12.4 Å². The van der Waals surface area contributed by atoms with Gasteiger partial charge >= 0.3 is 0 Å². The molecule has 0 saturated heterocycles. The number of rotatable bonds is 3. The van der Waals surface area contributed by atoms with Crippen molar-refractivity contribution in [1.29, 1.82) is 0 Å². The number of hydrogen-bond acceptors (Lipinski definition) is 5. The summed E-state index contributed by atoms with van der Waals surface area (Å²) in [7, 11) is 2.06. The second-order valence-electron chi connectivity index (χ2n) is 8.58. The number of anilines is 1. The van der Waals surface area contributed by atoms with Crippen LogP contribution in [0.3, 0.4) is 0 Å². The molecule has 3 aromatic rings. The maximum absolute atomic E-state index is 13.6. The molecule has 0 atom stereocenters. The van der Waals surface area contributed by atoms with E-state index in [0.29, 0.717) is 24.7 Å². The molecule has 0 saturated carbocycles. The summed E-state index contributed by atoms with van der Waals surface area (Å²) >= 11 is 7.54. The number of halogens is 1. The first-order valence-corrected chi connectivity index (χ1v) is 12.7. The zero-order valence-electron chi connectivity index (χ0n) is 19.5. The molecule has 0 radical (unpaired) electrons. The lowest BCUT2D eigenvalue weighted by atomic mass is 10.1. The average molecular weight is 497 g/mol. The molecule has 8 heteroatoms. The molecule has 1 aliphatic heterocycles. The highest BCUT2D eigenvalue weighted by molar-refractivity contribution is 7.10. The summed E-state index contributed by atoms with van der Waals surface area (Å²) in [4.78, 5) is 37.4. The highest BCUT2D eigenvalue weighted by Gasteiger charge is 2.23. The van der Waals surface area contributed by atoms with Crippen molar-refractivity contribution in [2.75, 3.05) is 38.1 Å². The number of aromatic nitrogens is 1. The van der Waals surface area contributed by atoms with Gasteiger partial charge in [0.15, 0.2) is 0 Å². The molecule has 1 aliphatic rings. The molecule has 2 amide bonds. The fraction of sp³-hybridized carbons (Fsp3) is 0.346. The summed E-state index contributed by atoms with van der Waals surface area (Å²) < 4.78 is 0. The van der Waals surface area contributed by atoms with E-state index in [4.69, 9.17) is 11.6 Å². The molecule has 0 N–H and O–H groups in total. The molecule has 0 aliphatic carbocycles. The summed E-state index contributed by atoms with van der Waals surface area (Å²) in [5.41, 5.74) is 5.43. The van der Waals surface area contributed by atoms with Gasteiger partial charge in [-0.25, -0.2) is 4.98 Å². The number of thiazole rings is 1. The maximum Gasteiger partial charge on any atom is 0.228 e. The summed E-state index contributed by atoms with van der Waals surface area (Å²) in [5, 5.41) is 0.669. The SMILES string of the molecule is CC(=O)N1CCCN(C)CCN(C(=O)Cc2scnc2-c2ccc(Cl)cc2)Cc2ccccc21. The Kier molecular flexibility index (Phi) is 7.98. The first-order valence-electron chi connectivity index (χ1n) is 11.4. The molecule has 4 rings (SSSR count). The molecule has 0 fully saturated rings. The first-order chi connectivity index (χ1) is 16.4. The number of para-hydroxylation sites is 1. The predicted octanol–water partition coefficient (Wildman–Crippen LogP) is 4.72. The van der Waals surface area contributed by atoms with Gasteiger partial charge in [-0.2, -0.15) is 0 Å². The van der Waals surface area contributed by atoms with Gasteiger partial charge in [-0.15, -0.1) is 11.3 Å². The number of nitrogens with zero attached hydrogens (tertiary/aromatic N) is 4. The zero-order valence-corrected chi connectivity index (χ0v) is 21.1. The number of carbonyl (C=O) groups is 2. The van der Waals surface area contributed by atoms with Crippen LogP contribution in [0, 0.1) is 0 Å². The van der Waals surface area contributed by atoms with Crippen molar-refractivity contribution >= 4 is 40.4 Å². The summed E-state index contributed by atoms with van der Waals surface area (Å²) in [6, 6.07) is 15.4. The predicted molar refractivity (Wildman–Crippen MR) is 138 cm³/mol. The molecule has 0 bridgehead atoms. The minimum atomic E-state index is 0.0180. The maximum atomic E-state index is 13.6. The molecule has 2 aromatic carbocycles. The van der Waals surface area contributed by atoms with Gasteiger partial charge in [0.25, 0.3) is 0 Å². The van der Waals surface area contributed by atoms with E-state index in [-0.39, 0.29) is 18.2 Å². The van der Waals surface area contributed by atoms with Crippen molar-refractivity contribution < 1.29 is 9.59 Å². The Morgan fingerprint density at radius 2 is 1.79 bits per heavy atom. The number of carbonyl (C=O) groups excluding carboxylic acids is 2. The van der Waals surface area contributed by atoms with Crippen molar-refractivity contribution in [3.05, 3.63) is 69.5 Å². The van der Waals surface area contributed by atoms with Gasteiger partial charge in [0.05, 0.1) is 17.6 Å². The lowest BCUT2D eigenvalue weighted by Crippen LogP contribution is -2.38. The van der Waals surface area contributed by atoms with Crippen LogP contribution in [0.1, 0.15) is 23.8 Å². The topological polar surface area (TPSA) is 56.8 Å². The second kappa shape index (κ2) is 11.1. The van der Waals surface area contributed by atoms with Crippen molar-refractivity contribution in [2.45, 2.75) is 26.3 Å². The molecular formula is C26H29ClN4O2S. The standard InChI is InChI=1S/C26H29ClN4O2S/c1-19(32)31-13-5-12-29(2)14-15-30(17-21-6-3-4-7-23(21)31)25(33)16-24-26(28-18-34-24)20-8-10-22(27)11-9-20/h3-4,6-11,18H,5,12-17H2,1-2H3. The third-order valence-electron chi connectivity index (χ3n) is 6.12. The van der Waals surface area contributed by atoms with Crippen molar-refractivity contribution in [2.24, 2.45) is 0 Å². The third kappa shape index (κ3) is 5.84. The molecule has 1 aromatic heterocycles. The molecule has 178 valence electrons. The summed E-state index contributed by atoms with van der Waals surface area (Å²) in [6.07, 6.45) is 1.16. The van der Waals surface area contributed by atoms with Gasteiger partial charge in [-0.05, 0) is 43.8 Å². The molecule has 0 spiro atoms. The highest BCUT2D eigenvalue weighted by atomic mass is 35.5. The van der Waals surface area contributed by atoms with Crippen molar-refractivity contribution in [3.63, 3.8) is 0 Å². The average Bonchev–Trinajstić information content (AvgIpc) is 3.26. The number of amides is 2. The largest absolute Gasteiger partial charge is 0.337 e. The Hall–Kier alpha value is -2.74. The van der Waals surface area contributed by atoms with E-state index in [1.807, 2.05) is 58.3 Å². The zero-order chi connectivity index (χ0) is 24.1. The fourth-order valence-corrected chi connectivity index (χ4v) is 5.14. The van der Waals surface area contributed by atoms with Gasteiger partial charge < -0.3 is 14.7 Å². The van der Waals surface area contributed by atoms with Gasteiger partial charge in [0.2, 0.25) is 11.8 Å². The van der Waals surface area contributed by atoms with Crippen molar-refractivity contribution in [1.82, 2.24) is 14.8 Å². The van der Waals surface area contributed by atoms with Crippen LogP contribution in [-0.4, -0.2) is 59.8 Å². The van der Waals surface area contributed by atoms with Crippen LogP contribution < -0.4 is 4.90 Å². The Labute approximate surface area is 209 Å². The quantitative estimate of drug-likeness (QED) is 0.526. The lowest BCUT2D eigenvalue weighted by molar-refractivity contribution is -0.131. The Morgan fingerprint density at radius 3 is 2.56 bits per heavy atom. The van der Waals surface area contributed by atoms with Crippen LogP contribution in [0.15, 0.2) is 54.0 Å². The third-order valence-corrected chi connectivity index (χ3v) is 7.20. The number of hydrogen-bond donors (Lipinski definition) is 0. The molecule has 6 nitrogen and oxygen atoms in total. The Morgan fingerprint density at radius 1 is 1.03 bits per heavy atom. The Balaban J connectivity index is 1.60. The van der Waals surface area contributed by atoms with Crippen LogP contribution in [0.4, 0.5) is 5.69 Å². The van der Waals surface area contributed by atoms with Crippen LogP contribution >= 0.6 is 22.9 Å². The van der Waals surface area contributed by atoms with E-state index >= 15 is 0 Å². The van der Waals surface area contributed by atoms with Crippen LogP contribution in [0.2, 0.25) is 5.02 Å². The van der Waals surface area contributed by atoms with Crippen molar-refractivity contribution in [3.8, 4) is 11.3 Å². The van der Waals surface area contributed by atoms with Gasteiger partial charge in [0, 0.05) is 54.3 Å². The van der Waals surface area contributed by atoms with E-state index in [0.717, 1.165) is 46.9 Å². The van der Waals surface area contributed by atoms with E-state index < -0.39 is 0 Å². The molecule has 0 unspecified atom stereocenters. The van der Waals surface area contributed by atoms with E-state index in [1.165, 1.54) is 11.3 Å². The number of benzene rings is 2. The van der Waals surface area contributed by atoms with Crippen LogP contribution in [0.5, 0.6) is 0 Å². The number of fused-ring (bicyclic) bond motifs is 1.